The minimum Gasteiger partial charge on any atom is -0.207 e. The molecule has 0 aromatic heterocycles. The van der Waals surface area contributed by atoms with Gasteiger partial charge < -0.3 is 0 Å². The van der Waals surface area contributed by atoms with Crippen LogP contribution < -0.4 is 0 Å². The number of hydrogen-bond donors (Lipinski definition) is 0. The molecule has 1 fully saturated rings. The number of sulfonamides is 1. The van der Waals surface area contributed by atoms with E-state index in [1.165, 1.54) is 16.4 Å². The maximum atomic E-state index is 12.9. The number of nitrogens with zero attached hydrogens (tertiary/aromatic N) is 1. The van der Waals surface area contributed by atoms with Crippen LogP contribution in [-0.2, 0) is 10.0 Å². The van der Waals surface area contributed by atoms with Crippen LogP contribution in [0.25, 0.3) is 0 Å². The second-order valence-corrected chi connectivity index (χ2v) is 8.74. The van der Waals surface area contributed by atoms with Gasteiger partial charge in [-0.2, -0.15) is 4.31 Å². The molecule has 1 heterocycles. The zero-order valence-corrected chi connectivity index (χ0v) is 14.6. The van der Waals surface area contributed by atoms with Gasteiger partial charge in [-0.25, -0.2) is 8.42 Å². The maximum Gasteiger partial charge on any atom is 0.244 e. The number of rotatable bonds is 3. The first-order valence-corrected chi connectivity index (χ1v) is 9.88. The summed E-state index contributed by atoms with van der Waals surface area (Å²) in [7, 11) is -3.57. The van der Waals surface area contributed by atoms with E-state index in [0.29, 0.717) is 16.6 Å². The van der Waals surface area contributed by atoms with E-state index in [-0.39, 0.29) is 10.3 Å². The Morgan fingerprint density at radius 1 is 1.05 bits per heavy atom. The van der Waals surface area contributed by atoms with E-state index in [2.05, 4.69) is 0 Å². The predicted molar refractivity (Wildman–Crippen MR) is 92.0 cm³/mol. The third-order valence-corrected chi connectivity index (χ3v) is 7.29. The zero-order valence-electron chi connectivity index (χ0n) is 11.4. The summed E-state index contributed by atoms with van der Waals surface area (Å²) in [4.78, 5) is 0.247. The Balaban J connectivity index is 1.99. The van der Waals surface area contributed by atoms with E-state index in [1.807, 2.05) is 18.2 Å². The van der Waals surface area contributed by atoms with Gasteiger partial charge in [-0.1, -0.05) is 41.4 Å². The van der Waals surface area contributed by atoms with E-state index in [4.69, 9.17) is 23.2 Å². The van der Waals surface area contributed by atoms with Crippen LogP contribution >= 0.6 is 35.0 Å². The Labute approximate surface area is 144 Å². The smallest absolute Gasteiger partial charge is 0.207 e. The zero-order chi connectivity index (χ0) is 15.7. The molecule has 0 amide bonds. The third-order valence-electron chi connectivity index (χ3n) is 3.44. The molecule has 116 valence electrons. The topological polar surface area (TPSA) is 37.4 Å². The van der Waals surface area contributed by atoms with Crippen molar-refractivity contribution in [2.45, 2.75) is 10.3 Å². The van der Waals surface area contributed by atoms with Crippen molar-refractivity contribution in [3.63, 3.8) is 0 Å². The summed E-state index contributed by atoms with van der Waals surface area (Å²) in [6, 6.07) is 13.6. The highest BCUT2D eigenvalue weighted by molar-refractivity contribution is 8.01. The molecule has 1 aliphatic heterocycles. The second-order valence-electron chi connectivity index (χ2n) is 4.81. The van der Waals surface area contributed by atoms with E-state index in [0.717, 1.165) is 11.3 Å². The summed E-state index contributed by atoms with van der Waals surface area (Å²) in [5, 5.41) is 0.796. The third kappa shape index (κ3) is 3.01. The molecule has 1 atom stereocenters. The van der Waals surface area contributed by atoms with Gasteiger partial charge in [-0.15, -0.1) is 11.8 Å². The first-order chi connectivity index (χ1) is 10.5. The highest BCUT2D eigenvalue weighted by Crippen LogP contribution is 2.43. The van der Waals surface area contributed by atoms with Crippen molar-refractivity contribution in [2.24, 2.45) is 0 Å². The summed E-state index contributed by atoms with van der Waals surface area (Å²) in [6.07, 6.45) is 0. The summed E-state index contributed by atoms with van der Waals surface area (Å²) < 4.78 is 27.2. The van der Waals surface area contributed by atoms with E-state index in [9.17, 15) is 8.42 Å². The molecule has 3 rings (SSSR count). The molecule has 1 saturated heterocycles. The van der Waals surface area contributed by atoms with Crippen LogP contribution in [0.5, 0.6) is 0 Å². The van der Waals surface area contributed by atoms with Crippen molar-refractivity contribution in [1.29, 1.82) is 0 Å². The molecular formula is C15H13Cl2NO2S2. The van der Waals surface area contributed by atoms with Gasteiger partial charge >= 0.3 is 0 Å². The van der Waals surface area contributed by atoms with Gasteiger partial charge in [-0.05, 0) is 35.9 Å². The minimum atomic E-state index is -3.57. The number of benzene rings is 2. The van der Waals surface area contributed by atoms with Crippen LogP contribution in [0, 0.1) is 0 Å². The van der Waals surface area contributed by atoms with E-state index >= 15 is 0 Å². The summed E-state index contributed by atoms with van der Waals surface area (Å²) in [5.41, 5.74) is 0.823. The number of thioether (sulfide) groups is 1. The largest absolute Gasteiger partial charge is 0.244 e. The molecular weight excluding hydrogens is 361 g/mol. The lowest BCUT2D eigenvalue weighted by Gasteiger charge is -2.24. The molecule has 0 unspecified atom stereocenters. The number of hydrogen-bond acceptors (Lipinski definition) is 3. The molecule has 0 aliphatic carbocycles. The molecule has 0 bridgehead atoms. The monoisotopic (exact) mass is 373 g/mol. The lowest BCUT2D eigenvalue weighted by molar-refractivity contribution is 0.434. The van der Waals surface area contributed by atoms with Gasteiger partial charge in [0.15, 0.2) is 0 Å². The lowest BCUT2D eigenvalue weighted by atomic mass is 10.2. The molecule has 0 spiro atoms. The fourth-order valence-corrected chi connectivity index (χ4v) is 6.06. The van der Waals surface area contributed by atoms with Gasteiger partial charge in [0, 0.05) is 22.3 Å². The first-order valence-electron chi connectivity index (χ1n) is 6.63. The average Bonchev–Trinajstić information content (AvgIpc) is 2.98. The van der Waals surface area contributed by atoms with Crippen LogP contribution in [0.4, 0.5) is 0 Å². The first kappa shape index (κ1) is 16.1. The summed E-state index contributed by atoms with van der Waals surface area (Å²) in [6.45, 7) is 0.464. The standard InChI is InChI=1S/C15H13Cl2NO2S2/c16-11-5-7-12(8-6-11)22(19,20)18-9-10-21-15(18)13-3-1-2-4-14(13)17/h1-8,15H,9-10H2/t15-/m0/s1. The molecule has 22 heavy (non-hydrogen) atoms. The highest BCUT2D eigenvalue weighted by atomic mass is 35.5. The van der Waals surface area contributed by atoms with Crippen molar-refractivity contribution in [3.05, 3.63) is 64.1 Å². The Kier molecular flexibility index (Phi) is 4.71. The molecule has 0 N–H and O–H groups in total. The van der Waals surface area contributed by atoms with Crippen LogP contribution in [-0.4, -0.2) is 25.0 Å². The van der Waals surface area contributed by atoms with E-state index in [1.54, 1.807) is 30.0 Å². The Morgan fingerprint density at radius 3 is 2.41 bits per heavy atom. The summed E-state index contributed by atoms with van der Waals surface area (Å²) in [5.74, 6) is 0.739. The average molecular weight is 374 g/mol. The van der Waals surface area contributed by atoms with E-state index < -0.39 is 10.0 Å². The van der Waals surface area contributed by atoms with Crippen molar-refractivity contribution < 1.29 is 8.42 Å². The molecule has 3 nitrogen and oxygen atoms in total. The van der Waals surface area contributed by atoms with Gasteiger partial charge in [0.05, 0.1) is 10.3 Å². The molecule has 0 saturated carbocycles. The Hall–Kier alpha value is -0.720. The van der Waals surface area contributed by atoms with Gasteiger partial charge in [-0.3, -0.25) is 0 Å². The fourth-order valence-electron chi connectivity index (χ4n) is 2.36. The quantitative estimate of drug-likeness (QED) is 0.798. The molecule has 0 radical (unpaired) electrons. The highest BCUT2D eigenvalue weighted by Gasteiger charge is 2.37. The minimum absolute atomic E-state index is 0.247. The van der Waals surface area contributed by atoms with Crippen molar-refractivity contribution in [2.75, 3.05) is 12.3 Å². The van der Waals surface area contributed by atoms with Crippen LogP contribution in [0.3, 0.4) is 0 Å². The predicted octanol–water partition coefficient (Wildman–Crippen LogP) is 4.43. The van der Waals surface area contributed by atoms with Crippen LogP contribution in [0.1, 0.15) is 10.9 Å². The molecule has 2 aromatic rings. The summed E-state index contributed by atoms with van der Waals surface area (Å²) >= 11 is 13.6. The van der Waals surface area contributed by atoms with Crippen molar-refractivity contribution in [1.82, 2.24) is 4.31 Å². The molecule has 1 aliphatic rings. The Bertz CT molecular complexity index is 778. The van der Waals surface area contributed by atoms with Gasteiger partial charge in [0.25, 0.3) is 0 Å². The Morgan fingerprint density at radius 2 is 1.73 bits per heavy atom. The second kappa shape index (κ2) is 6.42. The maximum absolute atomic E-state index is 12.9. The van der Waals surface area contributed by atoms with Gasteiger partial charge in [0.2, 0.25) is 10.0 Å². The fraction of sp³-hybridized carbons (Fsp3) is 0.200. The molecule has 2 aromatic carbocycles. The lowest BCUT2D eigenvalue weighted by Crippen LogP contribution is -2.30. The van der Waals surface area contributed by atoms with Crippen molar-refractivity contribution in [3.8, 4) is 0 Å². The van der Waals surface area contributed by atoms with Gasteiger partial charge in [0.1, 0.15) is 0 Å². The number of halogens is 2. The van der Waals surface area contributed by atoms with Crippen molar-refractivity contribution >= 4 is 45.0 Å². The normalized spacial score (nSPS) is 19.5. The van der Waals surface area contributed by atoms with Crippen LogP contribution in [0.15, 0.2) is 53.4 Å². The SMILES string of the molecule is O=S(=O)(c1ccc(Cl)cc1)N1CCS[C@H]1c1ccccc1Cl. The van der Waals surface area contributed by atoms with Crippen LogP contribution in [0.2, 0.25) is 10.0 Å². The molecule has 7 heteroatoms.